The highest BCUT2D eigenvalue weighted by Crippen LogP contribution is 2.28. The molecule has 1 amide bonds. The number of ether oxygens (including phenoxy) is 1. The molecule has 156 valence electrons. The van der Waals surface area contributed by atoms with Gasteiger partial charge in [-0.3, -0.25) is 4.79 Å². The first-order chi connectivity index (χ1) is 15.1. The van der Waals surface area contributed by atoms with Crippen LogP contribution in [0, 0.1) is 5.82 Å². The molecule has 4 nitrogen and oxygen atoms in total. The Kier molecular flexibility index (Phi) is 6.48. The summed E-state index contributed by atoms with van der Waals surface area (Å²) < 4.78 is 18.9. The number of halogens is 1. The maximum Gasteiger partial charge on any atom is 0.264 e. The number of amides is 1. The molecule has 1 saturated heterocycles. The molecule has 0 aromatic heterocycles. The number of rotatable bonds is 6. The highest BCUT2D eigenvalue weighted by molar-refractivity contribution is 8.18. The zero-order chi connectivity index (χ0) is 21.6. The van der Waals surface area contributed by atoms with Gasteiger partial charge in [-0.25, -0.2) is 9.38 Å². The maximum absolute atomic E-state index is 13.2. The number of hydrogen-bond acceptors (Lipinski definition) is 4. The summed E-state index contributed by atoms with van der Waals surface area (Å²) in [6, 6.07) is 21.7. The van der Waals surface area contributed by atoms with Crippen LogP contribution < -0.4 is 10.1 Å². The molecule has 1 aliphatic rings. The minimum atomic E-state index is -0.281. The number of hydrogen-bond donors (Lipinski definition) is 1. The van der Waals surface area contributed by atoms with E-state index in [1.807, 2.05) is 60.7 Å². The molecule has 3 aromatic rings. The Balaban J connectivity index is 1.39. The van der Waals surface area contributed by atoms with Crippen molar-refractivity contribution in [1.29, 1.82) is 0 Å². The van der Waals surface area contributed by atoms with Gasteiger partial charge in [0.15, 0.2) is 5.17 Å². The number of carbonyl (C=O) groups excluding carboxylic acids is 1. The minimum Gasteiger partial charge on any atom is -0.489 e. The minimum absolute atomic E-state index is 0.166. The molecular formula is C25H21FN2O2S. The quantitative estimate of drug-likeness (QED) is 0.497. The molecule has 4 rings (SSSR count). The third kappa shape index (κ3) is 5.61. The van der Waals surface area contributed by atoms with E-state index < -0.39 is 0 Å². The van der Waals surface area contributed by atoms with Crippen molar-refractivity contribution < 1.29 is 13.9 Å². The van der Waals surface area contributed by atoms with Gasteiger partial charge in [-0.15, -0.1) is 0 Å². The lowest BCUT2D eigenvalue weighted by molar-refractivity contribution is -0.115. The van der Waals surface area contributed by atoms with Gasteiger partial charge in [-0.1, -0.05) is 43.3 Å². The molecule has 0 atom stereocenters. The smallest absolute Gasteiger partial charge is 0.264 e. The van der Waals surface area contributed by atoms with E-state index in [2.05, 4.69) is 17.2 Å². The van der Waals surface area contributed by atoms with E-state index in [-0.39, 0.29) is 18.3 Å². The van der Waals surface area contributed by atoms with Crippen molar-refractivity contribution in [1.82, 2.24) is 5.32 Å². The van der Waals surface area contributed by atoms with Crippen LogP contribution in [-0.4, -0.2) is 11.1 Å². The van der Waals surface area contributed by atoms with Crippen molar-refractivity contribution >= 4 is 34.6 Å². The zero-order valence-electron chi connectivity index (χ0n) is 17.0. The van der Waals surface area contributed by atoms with Crippen LogP contribution in [0.5, 0.6) is 5.75 Å². The van der Waals surface area contributed by atoms with Crippen LogP contribution in [0.3, 0.4) is 0 Å². The van der Waals surface area contributed by atoms with Gasteiger partial charge in [0, 0.05) is 0 Å². The maximum atomic E-state index is 13.2. The SMILES string of the molecule is CCc1ccc(N=C2NC(=O)/C(=C/c3ccc(OCc4cccc(F)c4)cc3)S2)cc1. The number of thioether (sulfide) groups is 1. The topological polar surface area (TPSA) is 50.7 Å². The fourth-order valence-corrected chi connectivity index (χ4v) is 3.85. The summed E-state index contributed by atoms with van der Waals surface area (Å²) in [5.41, 5.74) is 3.70. The average molecular weight is 433 g/mol. The molecular weight excluding hydrogens is 411 g/mol. The molecule has 1 heterocycles. The Morgan fingerprint density at radius 3 is 2.52 bits per heavy atom. The second-order valence-electron chi connectivity index (χ2n) is 6.99. The van der Waals surface area contributed by atoms with Gasteiger partial charge in [-0.05, 0) is 77.3 Å². The number of benzene rings is 3. The lowest BCUT2D eigenvalue weighted by atomic mass is 10.2. The Hall–Kier alpha value is -3.38. The standard InChI is InChI=1S/C25H21FN2O2S/c1-2-17-6-10-21(11-7-17)27-25-28-24(29)23(31-25)15-18-8-12-22(13-9-18)30-16-19-4-3-5-20(26)14-19/h3-15H,2,16H2,1H3,(H,27,28,29)/b23-15-. The van der Waals surface area contributed by atoms with Crippen molar-refractivity contribution in [2.75, 3.05) is 0 Å². The van der Waals surface area contributed by atoms with Crippen LogP contribution >= 0.6 is 11.8 Å². The van der Waals surface area contributed by atoms with Crippen LogP contribution in [0.15, 0.2) is 82.7 Å². The van der Waals surface area contributed by atoms with Crippen LogP contribution in [0.4, 0.5) is 10.1 Å². The predicted molar refractivity (Wildman–Crippen MR) is 124 cm³/mol. The van der Waals surface area contributed by atoms with E-state index in [1.54, 1.807) is 6.07 Å². The van der Waals surface area contributed by atoms with Crippen molar-refractivity contribution in [2.45, 2.75) is 20.0 Å². The van der Waals surface area contributed by atoms with E-state index >= 15 is 0 Å². The number of nitrogens with one attached hydrogen (secondary N) is 1. The predicted octanol–water partition coefficient (Wildman–Crippen LogP) is 5.86. The second-order valence-corrected chi connectivity index (χ2v) is 8.02. The number of nitrogens with zero attached hydrogens (tertiary/aromatic N) is 1. The van der Waals surface area contributed by atoms with Gasteiger partial charge in [0.2, 0.25) is 0 Å². The number of amidine groups is 1. The molecule has 0 saturated carbocycles. The van der Waals surface area contributed by atoms with Gasteiger partial charge < -0.3 is 10.1 Å². The normalized spacial score (nSPS) is 16.0. The molecule has 1 N–H and O–H groups in total. The lowest BCUT2D eigenvalue weighted by Crippen LogP contribution is -2.19. The fourth-order valence-electron chi connectivity index (χ4n) is 3.01. The van der Waals surface area contributed by atoms with E-state index in [9.17, 15) is 9.18 Å². The van der Waals surface area contributed by atoms with Gasteiger partial charge in [-0.2, -0.15) is 0 Å². The van der Waals surface area contributed by atoms with Crippen molar-refractivity contribution in [2.24, 2.45) is 4.99 Å². The second kappa shape index (κ2) is 9.62. The van der Waals surface area contributed by atoms with Crippen LogP contribution in [0.2, 0.25) is 0 Å². The zero-order valence-corrected chi connectivity index (χ0v) is 17.8. The Morgan fingerprint density at radius 2 is 1.81 bits per heavy atom. The Bertz CT molecular complexity index is 1140. The van der Waals surface area contributed by atoms with E-state index in [1.165, 1.54) is 29.5 Å². The number of aliphatic imine (C=N–C) groups is 1. The number of aryl methyl sites for hydroxylation is 1. The van der Waals surface area contributed by atoms with Gasteiger partial charge in [0.05, 0.1) is 10.6 Å². The van der Waals surface area contributed by atoms with Crippen LogP contribution in [0.1, 0.15) is 23.6 Å². The molecule has 1 aliphatic heterocycles. The first-order valence-electron chi connectivity index (χ1n) is 9.95. The molecule has 0 aliphatic carbocycles. The monoisotopic (exact) mass is 432 g/mol. The Morgan fingerprint density at radius 1 is 1.03 bits per heavy atom. The first-order valence-corrected chi connectivity index (χ1v) is 10.8. The van der Waals surface area contributed by atoms with Gasteiger partial charge in [0.25, 0.3) is 5.91 Å². The lowest BCUT2D eigenvalue weighted by Gasteiger charge is -2.06. The third-order valence-corrected chi connectivity index (χ3v) is 5.61. The molecule has 0 spiro atoms. The summed E-state index contributed by atoms with van der Waals surface area (Å²) in [5, 5.41) is 3.37. The molecule has 1 fully saturated rings. The third-order valence-electron chi connectivity index (χ3n) is 4.70. The summed E-state index contributed by atoms with van der Waals surface area (Å²) in [4.78, 5) is 17.4. The van der Waals surface area contributed by atoms with E-state index in [0.717, 1.165) is 23.2 Å². The van der Waals surface area contributed by atoms with Crippen molar-refractivity contribution in [3.63, 3.8) is 0 Å². The number of carbonyl (C=O) groups is 1. The highest BCUT2D eigenvalue weighted by Gasteiger charge is 2.23. The van der Waals surface area contributed by atoms with Crippen molar-refractivity contribution in [3.05, 3.63) is 100 Å². The van der Waals surface area contributed by atoms with E-state index in [4.69, 9.17) is 4.74 Å². The molecule has 0 bridgehead atoms. The fraction of sp³-hybridized carbons (Fsp3) is 0.120. The Labute approximate surface area is 184 Å². The summed E-state index contributed by atoms with van der Waals surface area (Å²) in [6.45, 7) is 2.39. The first kappa shape index (κ1) is 20.9. The largest absolute Gasteiger partial charge is 0.489 e. The highest BCUT2D eigenvalue weighted by atomic mass is 32.2. The molecule has 0 unspecified atom stereocenters. The van der Waals surface area contributed by atoms with Crippen LogP contribution in [0.25, 0.3) is 6.08 Å². The van der Waals surface area contributed by atoms with Gasteiger partial charge in [0.1, 0.15) is 18.2 Å². The summed E-state index contributed by atoms with van der Waals surface area (Å²) in [7, 11) is 0. The van der Waals surface area contributed by atoms with Crippen LogP contribution in [-0.2, 0) is 17.8 Å². The summed E-state index contributed by atoms with van der Waals surface area (Å²) in [6.07, 6.45) is 2.79. The molecule has 3 aromatic carbocycles. The molecule has 6 heteroatoms. The molecule has 31 heavy (non-hydrogen) atoms. The summed E-state index contributed by atoms with van der Waals surface area (Å²) >= 11 is 1.32. The van der Waals surface area contributed by atoms with E-state index in [0.29, 0.717) is 15.8 Å². The average Bonchev–Trinajstić information content (AvgIpc) is 3.12. The van der Waals surface area contributed by atoms with Gasteiger partial charge >= 0.3 is 0 Å². The summed E-state index contributed by atoms with van der Waals surface area (Å²) in [5.74, 6) is 0.226. The molecule has 0 radical (unpaired) electrons. The van der Waals surface area contributed by atoms with Crippen molar-refractivity contribution in [3.8, 4) is 5.75 Å².